The molecule has 0 saturated heterocycles. The molecule has 3 N–H and O–H groups in total. The van der Waals surface area contributed by atoms with Gasteiger partial charge in [0.1, 0.15) is 0 Å². The molecule has 0 unspecified atom stereocenters. The van der Waals surface area contributed by atoms with Crippen molar-refractivity contribution in [2.75, 3.05) is 11.9 Å². The number of nitrogens with one attached hydrogen (secondary N) is 1. The highest BCUT2D eigenvalue weighted by Gasteiger charge is 2.34. The molecule has 0 bridgehead atoms. The van der Waals surface area contributed by atoms with Gasteiger partial charge in [-0.15, -0.1) is 0 Å². The molecule has 9 heteroatoms. The zero-order valence-electron chi connectivity index (χ0n) is 22.6. The van der Waals surface area contributed by atoms with Crippen LogP contribution in [0.25, 0.3) is 16.9 Å². The average Bonchev–Trinajstić information content (AvgIpc) is 3.30. The predicted molar refractivity (Wildman–Crippen MR) is 150 cm³/mol. The Balaban J connectivity index is 1.61. The number of fused-ring (bicyclic) bond motifs is 1. The number of carbonyl (C=O) groups is 1. The van der Waals surface area contributed by atoms with Crippen molar-refractivity contribution < 1.29 is 18.0 Å². The van der Waals surface area contributed by atoms with E-state index in [4.69, 9.17) is 10.8 Å². The zero-order chi connectivity index (χ0) is 28.4. The lowest BCUT2D eigenvalue weighted by Crippen LogP contribution is -2.30. The quantitative estimate of drug-likeness (QED) is 0.269. The second-order valence-electron chi connectivity index (χ2n) is 10.00. The van der Waals surface area contributed by atoms with E-state index in [9.17, 15) is 18.0 Å². The summed E-state index contributed by atoms with van der Waals surface area (Å²) >= 11 is 0. The van der Waals surface area contributed by atoms with Gasteiger partial charge < -0.3 is 11.1 Å². The number of nitrogens with zero attached hydrogens (tertiary/aromatic N) is 3. The first-order valence-electron chi connectivity index (χ1n) is 13.5. The first-order chi connectivity index (χ1) is 19.2. The average molecular weight is 548 g/mol. The number of amides is 2. The molecule has 0 fully saturated rings. The van der Waals surface area contributed by atoms with Crippen molar-refractivity contribution in [3.63, 3.8) is 0 Å². The third-order valence-corrected chi connectivity index (χ3v) is 7.43. The van der Waals surface area contributed by atoms with Crippen LogP contribution in [0.5, 0.6) is 0 Å². The molecule has 208 valence electrons. The molecule has 0 saturated carbocycles. The number of hydrogen-bond acceptors (Lipinski definition) is 3. The SMILES string of the molecule is CCc1cccc(CC)c1-n1nc2c(c1-c1ccc(NC(N)=O)cc1)CN(Cc1ccccc1C(F)(F)F)CC2. The van der Waals surface area contributed by atoms with Gasteiger partial charge in [-0.25, -0.2) is 9.48 Å². The van der Waals surface area contributed by atoms with Crippen LogP contribution < -0.4 is 11.1 Å². The molecule has 0 radical (unpaired) electrons. The Morgan fingerprint density at radius 2 is 1.60 bits per heavy atom. The summed E-state index contributed by atoms with van der Waals surface area (Å²) in [5.41, 5.74) is 12.7. The van der Waals surface area contributed by atoms with Gasteiger partial charge in [-0.3, -0.25) is 4.90 Å². The third kappa shape index (κ3) is 5.47. The van der Waals surface area contributed by atoms with Gasteiger partial charge in [-0.05, 0) is 47.7 Å². The molecule has 3 aromatic carbocycles. The van der Waals surface area contributed by atoms with Crippen LogP contribution in [0, 0.1) is 0 Å². The number of aromatic nitrogens is 2. The van der Waals surface area contributed by atoms with Gasteiger partial charge in [0.05, 0.1) is 22.6 Å². The van der Waals surface area contributed by atoms with Crippen LogP contribution in [-0.2, 0) is 38.5 Å². The molecule has 1 aliphatic rings. The van der Waals surface area contributed by atoms with Gasteiger partial charge in [-0.1, -0.05) is 62.4 Å². The van der Waals surface area contributed by atoms with Gasteiger partial charge in [0.25, 0.3) is 0 Å². The molecule has 1 aliphatic heterocycles. The Bertz CT molecular complexity index is 1500. The Kier molecular flexibility index (Phi) is 7.67. The Labute approximate surface area is 231 Å². The standard InChI is InChI=1S/C31H32F3N5O/c1-3-20-9-7-10-21(4-2)28(20)39-29(22-12-14-24(15-13-22)36-30(35)40)25-19-38(17-16-27(25)37-39)18-23-8-5-6-11-26(23)31(32,33)34/h5-15H,3-4,16-19H2,1-2H3,(H3,35,36,40). The Morgan fingerprint density at radius 1 is 0.950 bits per heavy atom. The largest absolute Gasteiger partial charge is 0.416 e. The van der Waals surface area contributed by atoms with Gasteiger partial charge in [-0.2, -0.15) is 18.3 Å². The maximum absolute atomic E-state index is 13.7. The lowest BCUT2D eigenvalue weighted by Gasteiger charge is -2.28. The minimum atomic E-state index is -4.41. The zero-order valence-corrected chi connectivity index (χ0v) is 22.6. The number of aryl methyl sites for hydroxylation is 2. The van der Waals surface area contributed by atoms with E-state index in [1.165, 1.54) is 17.2 Å². The molecular formula is C31H32F3N5O. The molecule has 2 heterocycles. The first-order valence-corrected chi connectivity index (χ1v) is 13.5. The van der Waals surface area contributed by atoms with Crippen LogP contribution in [0.2, 0.25) is 0 Å². The molecule has 0 spiro atoms. The van der Waals surface area contributed by atoms with E-state index in [1.807, 2.05) is 16.8 Å². The molecule has 4 aromatic rings. The van der Waals surface area contributed by atoms with Crippen LogP contribution in [-0.4, -0.2) is 27.3 Å². The highest BCUT2D eigenvalue weighted by Crippen LogP contribution is 2.37. The Hall–Kier alpha value is -4.11. The molecule has 2 amide bonds. The van der Waals surface area contributed by atoms with E-state index in [-0.39, 0.29) is 12.1 Å². The number of anilines is 1. The number of benzene rings is 3. The summed E-state index contributed by atoms with van der Waals surface area (Å²) in [5, 5.41) is 7.69. The van der Waals surface area contributed by atoms with E-state index >= 15 is 0 Å². The van der Waals surface area contributed by atoms with Crippen molar-refractivity contribution in [1.29, 1.82) is 0 Å². The van der Waals surface area contributed by atoms with Gasteiger partial charge in [0.15, 0.2) is 0 Å². The first kappa shape index (κ1) is 27.5. The highest BCUT2D eigenvalue weighted by molar-refractivity contribution is 5.88. The van der Waals surface area contributed by atoms with Crippen LogP contribution in [0.4, 0.5) is 23.7 Å². The summed E-state index contributed by atoms with van der Waals surface area (Å²) < 4.78 is 43.1. The van der Waals surface area contributed by atoms with E-state index < -0.39 is 17.8 Å². The minimum Gasteiger partial charge on any atom is -0.351 e. The lowest BCUT2D eigenvalue weighted by molar-refractivity contribution is -0.138. The second kappa shape index (κ2) is 11.2. The highest BCUT2D eigenvalue weighted by atomic mass is 19.4. The fourth-order valence-electron chi connectivity index (χ4n) is 5.54. The van der Waals surface area contributed by atoms with E-state index in [0.717, 1.165) is 47.1 Å². The molecule has 6 nitrogen and oxygen atoms in total. The molecule has 40 heavy (non-hydrogen) atoms. The number of para-hydroxylation sites is 1. The van der Waals surface area contributed by atoms with Gasteiger partial charge >= 0.3 is 12.2 Å². The number of carbonyl (C=O) groups excluding carboxylic acids is 1. The number of nitrogens with two attached hydrogens (primary N) is 1. The Morgan fingerprint density at radius 3 is 2.23 bits per heavy atom. The van der Waals surface area contributed by atoms with E-state index in [1.54, 1.807) is 24.3 Å². The molecule has 0 aliphatic carbocycles. The van der Waals surface area contributed by atoms with Crippen molar-refractivity contribution in [2.24, 2.45) is 5.73 Å². The number of halogens is 3. The van der Waals surface area contributed by atoms with Crippen molar-refractivity contribution in [2.45, 2.75) is 52.4 Å². The lowest BCUT2D eigenvalue weighted by atomic mass is 9.98. The predicted octanol–water partition coefficient (Wildman–Crippen LogP) is 6.73. The molecule has 1 aromatic heterocycles. The summed E-state index contributed by atoms with van der Waals surface area (Å²) in [5.74, 6) is 0. The summed E-state index contributed by atoms with van der Waals surface area (Å²) in [7, 11) is 0. The number of hydrogen-bond donors (Lipinski definition) is 2. The molecular weight excluding hydrogens is 515 g/mol. The topological polar surface area (TPSA) is 76.2 Å². The smallest absolute Gasteiger partial charge is 0.351 e. The van der Waals surface area contributed by atoms with Crippen molar-refractivity contribution in [3.8, 4) is 16.9 Å². The molecule has 5 rings (SSSR count). The molecule has 0 atom stereocenters. The second-order valence-corrected chi connectivity index (χ2v) is 10.00. The third-order valence-electron chi connectivity index (χ3n) is 7.43. The van der Waals surface area contributed by atoms with Crippen molar-refractivity contribution >= 4 is 11.7 Å². The van der Waals surface area contributed by atoms with Crippen molar-refractivity contribution in [3.05, 3.63) is 100 Å². The summed E-state index contributed by atoms with van der Waals surface area (Å²) in [4.78, 5) is 13.4. The normalized spacial score (nSPS) is 13.7. The van der Waals surface area contributed by atoms with Gasteiger partial charge in [0, 0.05) is 42.9 Å². The van der Waals surface area contributed by atoms with Crippen LogP contribution in [0.1, 0.15) is 47.4 Å². The fourth-order valence-corrected chi connectivity index (χ4v) is 5.54. The summed E-state index contributed by atoms with van der Waals surface area (Å²) in [6, 6.07) is 18.8. The maximum atomic E-state index is 13.7. The fraction of sp³-hybridized carbons (Fsp3) is 0.290. The summed E-state index contributed by atoms with van der Waals surface area (Å²) in [6.45, 7) is 5.49. The van der Waals surface area contributed by atoms with E-state index in [2.05, 4.69) is 42.3 Å². The monoisotopic (exact) mass is 547 g/mol. The van der Waals surface area contributed by atoms with Crippen LogP contribution in [0.3, 0.4) is 0 Å². The van der Waals surface area contributed by atoms with Crippen LogP contribution >= 0.6 is 0 Å². The van der Waals surface area contributed by atoms with Crippen molar-refractivity contribution in [1.82, 2.24) is 14.7 Å². The number of urea groups is 1. The minimum absolute atomic E-state index is 0.187. The number of alkyl halides is 3. The van der Waals surface area contributed by atoms with E-state index in [0.29, 0.717) is 25.2 Å². The number of primary amides is 1. The van der Waals surface area contributed by atoms with Crippen LogP contribution in [0.15, 0.2) is 66.7 Å². The number of rotatable bonds is 7. The van der Waals surface area contributed by atoms with Gasteiger partial charge in [0.2, 0.25) is 0 Å². The summed E-state index contributed by atoms with van der Waals surface area (Å²) in [6.07, 6.45) is -2.13. The maximum Gasteiger partial charge on any atom is 0.416 e.